The first-order chi connectivity index (χ1) is 9.63. The van der Waals surface area contributed by atoms with Crippen molar-refractivity contribution in [2.75, 3.05) is 31.2 Å². The number of rotatable bonds is 9. The third-order valence-corrected chi connectivity index (χ3v) is 4.36. The minimum absolute atomic E-state index is 0.0488. The van der Waals surface area contributed by atoms with Gasteiger partial charge in [-0.05, 0) is 25.0 Å². The number of aliphatic carboxylic acids is 1. The minimum Gasteiger partial charge on any atom is -0.481 e. The van der Waals surface area contributed by atoms with Gasteiger partial charge in [-0.2, -0.15) is 11.8 Å². The molecule has 6 heteroatoms. The van der Waals surface area contributed by atoms with Crippen LogP contribution in [0.5, 0.6) is 0 Å². The van der Waals surface area contributed by atoms with Crippen molar-refractivity contribution in [2.24, 2.45) is 0 Å². The Morgan fingerprint density at radius 1 is 1.35 bits per heavy atom. The summed E-state index contributed by atoms with van der Waals surface area (Å²) in [6.07, 6.45) is 4.10. The van der Waals surface area contributed by atoms with Gasteiger partial charge >= 0.3 is 5.97 Å². The van der Waals surface area contributed by atoms with Crippen LogP contribution in [0, 0.1) is 0 Å². The summed E-state index contributed by atoms with van der Waals surface area (Å²) in [6.45, 7) is 3.87. The summed E-state index contributed by atoms with van der Waals surface area (Å²) < 4.78 is 5.51. The van der Waals surface area contributed by atoms with E-state index in [0.29, 0.717) is 5.75 Å². The van der Waals surface area contributed by atoms with Gasteiger partial charge in [0, 0.05) is 13.1 Å². The SMILES string of the molecule is CCCCSCC(=O)N1CCC(OCCC(=O)O)CC1. The number of hydrogen-bond acceptors (Lipinski definition) is 4. The number of nitrogens with zero attached hydrogens (tertiary/aromatic N) is 1. The van der Waals surface area contributed by atoms with E-state index in [2.05, 4.69) is 6.92 Å². The predicted molar refractivity (Wildman–Crippen MR) is 80.0 cm³/mol. The Morgan fingerprint density at radius 3 is 2.65 bits per heavy atom. The van der Waals surface area contributed by atoms with E-state index in [1.807, 2.05) is 4.90 Å². The van der Waals surface area contributed by atoms with Gasteiger partial charge in [0.2, 0.25) is 5.91 Å². The number of unbranched alkanes of at least 4 members (excludes halogenated alkanes) is 1. The molecule has 0 bridgehead atoms. The Kier molecular flexibility index (Phi) is 8.69. The van der Waals surface area contributed by atoms with Crippen molar-refractivity contribution in [1.82, 2.24) is 4.90 Å². The second kappa shape index (κ2) is 10.0. The van der Waals surface area contributed by atoms with E-state index < -0.39 is 5.97 Å². The number of hydrogen-bond donors (Lipinski definition) is 1. The molecule has 1 N–H and O–H groups in total. The number of carbonyl (C=O) groups is 2. The molecule has 1 heterocycles. The Balaban J connectivity index is 2.11. The van der Waals surface area contributed by atoms with Crippen LogP contribution in [0.15, 0.2) is 0 Å². The van der Waals surface area contributed by atoms with E-state index in [9.17, 15) is 9.59 Å². The molecule has 1 saturated heterocycles. The van der Waals surface area contributed by atoms with Crippen molar-refractivity contribution >= 4 is 23.6 Å². The van der Waals surface area contributed by atoms with Crippen molar-refractivity contribution in [3.63, 3.8) is 0 Å². The van der Waals surface area contributed by atoms with Crippen LogP contribution in [-0.2, 0) is 14.3 Å². The molecule has 0 spiro atoms. The fourth-order valence-corrected chi connectivity index (χ4v) is 3.08. The van der Waals surface area contributed by atoms with Gasteiger partial charge in [-0.1, -0.05) is 13.3 Å². The van der Waals surface area contributed by atoms with Gasteiger partial charge in [0.15, 0.2) is 0 Å². The number of ether oxygens (including phenoxy) is 1. The molecular formula is C14H25NO4S. The zero-order valence-corrected chi connectivity index (χ0v) is 13.0. The fourth-order valence-electron chi connectivity index (χ4n) is 2.08. The molecule has 5 nitrogen and oxygen atoms in total. The van der Waals surface area contributed by atoms with Gasteiger partial charge in [-0.3, -0.25) is 9.59 Å². The largest absolute Gasteiger partial charge is 0.481 e. The maximum absolute atomic E-state index is 12.0. The Hall–Kier alpha value is -0.750. The van der Waals surface area contributed by atoms with Crippen LogP contribution in [-0.4, -0.2) is 59.2 Å². The summed E-state index contributed by atoms with van der Waals surface area (Å²) in [5, 5.41) is 8.54. The zero-order chi connectivity index (χ0) is 14.8. The van der Waals surface area contributed by atoms with Crippen molar-refractivity contribution < 1.29 is 19.4 Å². The highest BCUT2D eigenvalue weighted by Crippen LogP contribution is 2.15. The highest BCUT2D eigenvalue weighted by atomic mass is 32.2. The van der Waals surface area contributed by atoms with Crippen LogP contribution in [0.4, 0.5) is 0 Å². The number of thioether (sulfide) groups is 1. The number of carbonyl (C=O) groups excluding carboxylic acids is 1. The number of likely N-dealkylation sites (tertiary alicyclic amines) is 1. The molecule has 116 valence electrons. The molecule has 0 atom stereocenters. The lowest BCUT2D eigenvalue weighted by Crippen LogP contribution is -2.41. The number of carboxylic acids is 1. The lowest BCUT2D eigenvalue weighted by molar-refractivity contribution is -0.139. The number of carboxylic acid groups (broad SMARTS) is 1. The van der Waals surface area contributed by atoms with Crippen LogP contribution in [0.2, 0.25) is 0 Å². The molecular weight excluding hydrogens is 278 g/mol. The zero-order valence-electron chi connectivity index (χ0n) is 12.2. The molecule has 0 radical (unpaired) electrons. The molecule has 0 aliphatic carbocycles. The summed E-state index contributed by atoms with van der Waals surface area (Å²) in [6, 6.07) is 0. The molecule has 1 aliphatic rings. The van der Waals surface area contributed by atoms with E-state index in [-0.39, 0.29) is 25.0 Å². The molecule has 1 fully saturated rings. The average molecular weight is 303 g/mol. The van der Waals surface area contributed by atoms with E-state index in [4.69, 9.17) is 9.84 Å². The van der Waals surface area contributed by atoms with Gasteiger partial charge in [0.05, 0.1) is 24.9 Å². The first-order valence-electron chi connectivity index (χ1n) is 7.32. The van der Waals surface area contributed by atoms with Crippen LogP contribution in [0.3, 0.4) is 0 Å². The summed E-state index contributed by atoms with van der Waals surface area (Å²) in [5.74, 6) is 1.01. The number of amides is 1. The van der Waals surface area contributed by atoms with Gasteiger partial charge in [0.1, 0.15) is 0 Å². The van der Waals surface area contributed by atoms with E-state index >= 15 is 0 Å². The summed E-state index contributed by atoms with van der Waals surface area (Å²) in [7, 11) is 0. The van der Waals surface area contributed by atoms with Crippen molar-refractivity contribution in [3.8, 4) is 0 Å². The molecule has 0 aromatic rings. The van der Waals surface area contributed by atoms with Crippen LogP contribution >= 0.6 is 11.8 Å². The molecule has 1 amide bonds. The van der Waals surface area contributed by atoms with E-state index in [1.54, 1.807) is 11.8 Å². The average Bonchev–Trinajstić information content (AvgIpc) is 2.44. The van der Waals surface area contributed by atoms with Gasteiger partial charge in [0.25, 0.3) is 0 Å². The molecule has 0 unspecified atom stereocenters. The highest BCUT2D eigenvalue weighted by molar-refractivity contribution is 7.99. The van der Waals surface area contributed by atoms with Crippen molar-refractivity contribution in [3.05, 3.63) is 0 Å². The topological polar surface area (TPSA) is 66.8 Å². The first kappa shape index (κ1) is 17.3. The highest BCUT2D eigenvalue weighted by Gasteiger charge is 2.22. The summed E-state index contributed by atoms with van der Waals surface area (Å²) in [5.41, 5.74) is 0. The van der Waals surface area contributed by atoms with Crippen LogP contribution in [0.25, 0.3) is 0 Å². The van der Waals surface area contributed by atoms with Crippen LogP contribution in [0.1, 0.15) is 39.0 Å². The Bertz CT molecular complexity index is 304. The Labute approximate surface area is 125 Å². The molecule has 20 heavy (non-hydrogen) atoms. The van der Waals surface area contributed by atoms with E-state index in [0.717, 1.165) is 38.1 Å². The predicted octanol–water partition coefficient (Wildman–Crippen LogP) is 2.00. The van der Waals surface area contributed by atoms with Gasteiger partial charge in [-0.25, -0.2) is 0 Å². The quantitative estimate of drug-likeness (QED) is 0.660. The van der Waals surface area contributed by atoms with Crippen molar-refractivity contribution in [2.45, 2.75) is 45.1 Å². The normalized spacial score (nSPS) is 16.4. The second-order valence-corrected chi connectivity index (χ2v) is 6.11. The number of piperidine rings is 1. The Morgan fingerprint density at radius 2 is 2.05 bits per heavy atom. The molecule has 0 aromatic heterocycles. The lowest BCUT2D eigenvalue weighted by atomic mass is 10.1. The summed E-state index contributed by atoms with van der Waals surface area (Å²) >= 11 is 1.71. The third kappa shape index (κ3) is 7.14. The lowest BCUT2D eigenvalue weighted by Gasteiger charge is -2.31. The summed E-state index contributed by atoms with van der Waals surface area (Å²) in [4.78, 5) is 24.3. The monoisotopic (exact) mass is 303 g/mol. The smallest absolute Gasteiger partial charge is 0.305 e. The standard InChI is InChI=1S/C14H25NO4S/c1-2-3-10-20-11-13(16)15-7-4-12(5-8-15)19-9-6-14(17)18/h12H,2-11H2,1H3,(H,17,18). The van der Waals surface area contributed by atoms with E-state index in [1.165, 1.54) is 6.42 Å². The molecule has 0 saturated carbocycles. The van der Waals surface area contributed by atoms with Crippen LogP contribution < -0.4 is 0 Å². The van der Waals surface area contributed by atoms with Crippen molar-refractivity contribution in [1.29, 1.82) is 0 Å². The minimum atomic E-state index is -0.832. The van der Waals surface area contributed by atoms with Gasteiger partial charge < -0.3 is 14.7 Å². The second-order valence-electron chi connectivity index (χ2n) is 5.00. The first-order valence-corrected chi connectivity index (χ1v) is 8.48. The third-order valence-electron chi connectivity index (χ3n) is 3.33. The molecule has 1 rings (SSSR count). The maximum Gasteiger partial charge on any atom is 0.305 e. The fraction of sp³-hybridized carbons (Fsp3) is 0.857. The molecule has 0 aromatic carbocycles. The molecule has 1 aliphatic heterocycles. The van der Waals surface area contributed by atoms with Gasteiger partial charge in [-0.15, -0.1) is 0 Å². The maximum atomic E-state index is 12.0.